The number of carboxylic acids is 1. The molecule has 1 amide bonds. The number of aliphatic carboxylic acids is 1. The zero-order chi connectivity index (χ0) is 16.4. The largest absolute Gasteiger partial charge is 0.480 e. The maximum Gasteiger partial charge on any atom is 0.326 e. The lowest BCUT2D eigenvalue weighted by Gasteiger charge is -2.35. The van der Waals surface area contributed by atoms with Crippen LogP contribution in [0.4, 0.5) is 0 Å². The average molecular weight is 322 g/mol. The number of carbonyl (C=O) groups excluding carboxylic acids is 1. The number of hydrogen-bond donors (Lipinski definition) is 2. The molecule has 2 saturated heterocycles. The van der Waals surface area contributed by atoms with Gasteiger partial charge in [0.05, 0.1) is 0 Å². The van der Waals surface area contributed by atoms with E-state index in [9.17, 15) is 14.7 Å². The van der Waals surface area contributed by atoms with E-state index < -0.39 is 12.0 Å². The molecule has 5 atom stereocenters. The van der Waals surface area contributed by atoms with E-state index >= 15 is 0 Å². The molecule has 3 aliphatic rings. The third-order valence-corrected chi connectivity index (χ3v) is 6.30. The van der Waals surface area contributed by atoms with Gasteiger partial charge in [-0.1, -0.05) is 19.8 Å². The van der Waals surface area contributed by atoms with Gasteiger partial charge in [0.2, 0.25) is 5.91 Å². The van der Waals surface area contributed by atoms with Crippen LogP contribution < -0.4 is 5.32 Å². The minimum absolute atomic E-state index is 0.0740. The Kier molecular flexibility index (Phi) is 5.24. The van der Waals surface area contributed by atoms with E-state index in [2.05, 4.69) is 12.2 Å². The zero-order valence-electron chi connectivity index (χ0n) is 14.2. The lowest BCUT2D eigenvalue weighted by atomic mass is 9.84. The van der Waals surface area contributed by atoms with E-state index in [1.807, 2.05) is 0 Å². The summed E-state index contributed by atoms with van der Waals surface area (Å²) in [4.78, 5) is 26.3. The van der Waals surface area contributed by atoms with Crippen LogP contribution in [0.25, 0.3) is 0 Å². The molecule has 5 heteroatoms. The Balaban J connectivity index is 1.66. The average Bonchev–Trinajstić information content (AvgIpc) is 2.95. The summed E-state index contributed by atoms with van der Waals surface area (Å²) in [5.74, 6) is 0.526. The van der Waals surface area contributed by atoms with Crippen molar-refractivity contribution < 1.29 is 14.7 Å². The molecule has 23 heavy (non-hydrogen) atoms. The third-order valence-electron chi connectivity index (χ3n) is 6.30. The van der Waals surface area contributed by atoms with Gasteiger partial charge in [-0.2, -0.15) is 0 Å². The molecule has 5 unspecified atom stereocenters. The fourth-order valence-electron chi connectivity index (χ4n) is 4.95. The number of likely N-dealkylation sites (tertiary alicyclic amines) is 1. The lowest BCUT2D eigenvalue weighted by Crippen LogP contribution is -2.47. The van der Waals surface area contributed by atoms with Gasteiger partial charge in [0.15, 0.2) is 0 Å². The Hall–Kier alpha value is -1.10. The molecule has 2 aliphatic heterocycles. The van der Waals surface area contributed by atoms with Gasteiger partial charge in [-0.25, -0.2) is 4.79 Å². The summed E-state index contributed by atoms with van der Waals surface area (Å²) in [5.41, 5.74) is 0. The van der Waals surface area contributed by atoms with Crippen molar-refractivity contribution in [2.75, 3.05) is 13.1 Å². The number of piperidine rings is 1. The van der Waals surface area contributed by atoms with Crippen LogP contribution in [0.3, 0.4) is 0 Å². The number of nitrogens with one attached hydrogen (secondary N) is 1. The van der Waals surface area contributed by atoms with Gasteiger partial charge in [0.1, 0.15) is 6.04 Å². The van der Waals surface area contributed by atoms with Gasteiger partial charge in [-0.05, 0) is 62.9 Å². The number of nitrogens with zero attached hydrogens (tertiary/aromatic N) is 1. The minimum atomic E-state index is -0.820. The first-order chi connectivity index (χ1) is 11.1. The van der Waals surface area contributed by atoms with Gasteiger partial charge in [-0.15, -0.1) is 0 Å². The molecular formula is C18H30N2O3. The van der Waals surface area contributed by atoms with Crippen molar-refractivity contribution in [2.45, 2.75) is 70.4 Å². The normalized spacial score (nSPS) is 35.6. The van der Waals surface area contributed by atoms with Crippen LogP contribution in [0.2, 0.25) is 0 Å². The lowest BCUT2D eigenvalue weighted by molar-refractivity contribution is -0.150. The van der Waals surface area contributed by atoms with Gasteiger partial charge < -0.3 is 15.3 Å². The number of carboxylic acid groups (broad SMARTS) is 1. The topological polar surface area (TPSA) is 69.6 Å². The van der Waals surface area contributed by atoms with Crippen LogP contribution in [0, 0.1) is 17.8 Å². The maximum absolute atomic E-state index is 12.9. The minimum Gasteiger partial charge on any atom is -0.480 e. The number of hydrogen-bond acceptors (Lipinski definition) is 3. The Bertz CT molecular complexity index is 448. The standard InChI is InChI=1S/C18H30N2O3/c1-12(14-6-4-8-19-11-14)9-17(21)20-15-7-3-2-5-13(15)10-16(20)18(22)23/h12-16,19H,2-11H2,1H3,(H,22,23). The second kappa shape index (κ2) is 7.20. The van der Waals surface area contributed by atoms with Crippen LogP contribution in [0.5, 0.6) is 0 Å². The molecule has 0 radical (unpaired) electrons. The first-order valence-electron chi connectivity index (χ1n) is 9.32. The number of carbonyl (C=O) groups is 2. The summed E-state index contributed by atoms with van der Waals surface area (Å²) in [5, 5.41) is 13.0. The molecule has 0 aromatic rings. The molecule has 0 aromatic carbocycles. The summed E-state index contributed by atoms with van der Waals surface area (Å²) < 4.78 is 0. The predicted molar refractivity (Wildman–Crippen MR) is 88.0 cm³/mol. The molecule has 0 bridgehead atoms. The van der Waals surface area contributed by atoms with Gasteiger partial charge in [0, 0.05) is 12.5 Å². The van der Waals surface area contributed by atoms with E-state index in [1.54, 1.807) is 4.90 Å². The quantitative estimate of drug-likeness (QED) is 0.833. The van der Waals surface area contributed by atoms with Gasteiger partial charge >= 0.3 is 5.97 Å². The van der Waals surface area contributed by atoms with E-state index in [0.717, 1.165) is 32.4 Å². The van der Waals surface area contributed by atoms with Gasteiger partial charge in [0.25, 0.3) is 0 Å². The highest BCUT2D eigenvalue weighted by atomic mass is 16.4. The Morgan fingerprint density at radius 3 is 2.70 bits per heavy atom. The first kappa shape index (κ1) is 16.7. The molecule has 130 valence electrons. The van der Waals surface area contributed by atoms with Crippen molar-refractivity contribution >= 4 is 11.9 Å². The molecule has 3 rings (SSSR count). The van der Waals surface area contributed by atoms with E-state index in [-0.39, 0.29) is 11.9 Å². The van der Waals surface area contributed by atoms with Crippen molar-refractivity contribution in [3.63, 3.8) is 0 Å². The second-order valence-corrected chi connectivity index (χ2v) is 7.79. The molecule has 2 N–H and O–H groups in total. The summed E-state index contributed by atoms with van der Waals surface area (Å²) >= 11 is 0. The Morgan fingerprint density at radius 1 is 1.22 bits per heavy atom. The Morgan fingerprint density at radius 2 is 2.00 bits per heavy atom. The molecule has 5 nitrogen and oxygen atoms in total. The highest BCUT2D eigenvalue weighted by molar-refractivity contribution is 5.85. The summed E-state index contributed by atoms with van der Waals surface area (Å²) in [6.07, 6.45) is 7.88. The van der Waals surface area contributed by atoms with Crippen molar-refractivity contribution in [3.05, 3.63) is 0 Å². The fourth-order valence-corrected chi connectivity index (χ4v) is 4.95. The second-order valence-electron chi connectivity index (χ2n) is 7.79. The molecule has 0 aromatic heterocycles. The SMILES string of the molecule is CC(CC(=O)N1C(C(=O)O)CC2CCCCC21)C1CCCNC1. The van der Waals surface area contributed by atoms with E-state index in [1.165, 1.54) is 19.3 Å². The summed E-state index contributed by atoms with van der Waals surface area (Å²) in [6, 6.07) is -0.415. The van der Waals surface area contributed by atoms with E-state index in [4.69, 9.17) is 0 Å². The maximum atomic E-state index is 12.9. The number of amides is 1. The van der Waals surface area contributed by atoms with Crippen LogP contribution in [0.1, 0.15) is 58.3 Å². The molecule has 2 heterocycles. The molecule has 0 spiro atoms. The first-order valence-corrected chi connectivity index (χ1v) is 9.32. The van der Waals surface area contributed by atoms with Crippen molar-refractivity contribution in [2.24, 2.45) is 17.8 Å². The predicted octanol–water partition coefficient (Wildman–Crippen LogP) is 2.26. The Labute approximate surface area is 138 Å². The van der Waals surface area contributed by atoms with Crippen LogP contribution in [0.15, 0.2) is 0 Å². The van der Waals surface area contributed by atoms with Crippen molar-refractivity contribution in [1.29, 1.82) is 0 Å². The fraction of sp³-hybridized carbons (Fsp3) is 0.889. The number of rotatable bonds is 4. The zero-order valence-corrected chi connectivity index (χ0v) is 14.2. The smallest absolute Gasteiger partial charge is 0.326 e. The molecule has 1 saturated carbocycles. The molecule has 1 aliphatic carbocycles. The van der Waals surface area contributed by atoms with Crippen molar-refractivity contribution in [3.8, 4) is 0 Å². The molecular weight excluding hydrogens is 292 g/mol. The summed E-state index contributed by atoms with van der Waals surface area (Å²) in [6.45, 7) is 4.22. The number of fused-ring (bicyclic) bond motifs is 1. The van der Waals surface area contributed by atoms with Crippen LogP contribution in [-0.2, 0) is 9.59 Å². The monoisotopic (exact) mass is 322 g/mol. The van der Waals surface area contributed by atoms with Crippen LogP contribution >= 0.6 is 0 Å². The van der Waals surface area contributed by atoms with Crippen molar-refractivity contribution in [1.82, 2.24) is 10.2 Å². The van der Waals surface area contributed by atoms with Crippen LogP contribution in [-0.4, -0.2) is 47.1 Å². The summed E-state index contributed by atoms with van der Waals surface area (Å²) in [7, 11) is 0. The van der Waals surface area contributed by atoms with E-state index in [0.29, 0.717) is 30.6 Å². The highest BCUT2D eigenvalue weighted by Gasteiger charge is 2.47. The van der Waals surface area contributed by atoms with Gasteiger partial charge in [-0.3, -0.25) is 4.79 Å². The highest BCUT2D eigenvalue weighted by Crippen LogP contribution is 2.40. The third kappa shape index (κ3) is 3.54. The molecule has 3 fully saturated rings.